The fraction of sp³-hybridized carbons (Fsp3) is 0.353. The molecule has 2 aromatic rings. The number of hydrogen-bond acceptors (Lipinski definition) is 4. The highest BCUT2D eigenvalue weighted by Gasteiger charge is 2.19. The molecule has 1 aromatic carbocycles. The van der Waals surface area contributed by atoms with E-state index in [1.165, 1.54) is 11.1 Å². The molecule has 0 spiro atoms. The Labute approximate surface area is 125 Å². The summed E-state index contributed by atoms with van der Waals surface area (Å²) in [5, 5.41) is 3.44. The van der Waals surface area contributed by atoms with Gasteiger partial charge in [0, 0.05) is 24.8 Å². The maximum atomic E-state index is 5.89. The number of rotatable bonds is 5. The van der Waals surface area contributed by atoms with Gasteiger partial charge in [-0.05, 0) is 23.6 Å². The highest BCUT2D eigenvalue weighted by atomic mass is 16.5. The number of hydrogen-bond donors (Lipinski definition) is 1. The van der Waals surface area contributed by atoms with Gasteiger partial charge in [0.15, 0.2) is 0 Å². The van der Waals surface area contributed by atoms with Crippen LogP contribution in [0.4, 0.5) is 0 Å². The van der Waals surface area contributed by atoms with Gasteiger partial charge < -0.3 is 14.8 Å². The van der Waals surface area contributed by atoms with Gasteiger partial charge in [0.25, 0.3) is 0 Å². The first-order valence-electron chi connectivity index (χ1n) is 7.26. The number of benzene rings is 1. The lowest BCUT2D eigenvalue weighted by molar-refractivity contribution is 0.0423. The van der Waals surface area contributed by atoms with Crippen molar-refractivity contribution >= 4 is 0 Å². The summed E-state index contributed by atoms with van der Waals surface area (Å²) in [7, 11) is 1.65. The van der Waals surface area contributed by atoms with E-state index in [2.05, 4.69) is 34.6 Å². The van der Waals surface area contributed by atoms with Crippen molar-refractivity contribution in [2.24, 2.45) is 0 Å². The van der Waals surface area contributed by atoms with Crippen LogP contribution < -0.4 is 10.1 Å². The number of methoxy groups -OCH3 is 1. The van der Waals surface area contributed by atoms with E-state index in [-0.39, 0.29) is 6.10 Å². The maximum Gasteiger partial charge on any atom is 0.217 e. The van der Waals surface area contributed by atoms with Crippen LogP contribution in [0.3, 0.4) is 0 Å². The van der Waals surface area contributed by atoms with E-state index in [1.807, 2.05) is 12.1 Å². The van der Waals surface area contributed by atoms with Gasteiger partial charge in [-0.15, -0.1) is 0 Å². The summed E-state index contributed by atoms with van der Waals surface area (Å²) in [6, 6.07) is 12.5. The molecule has 4 heteroatoms. The molecule has 0 radical (unpaired) electrons. The zero-order valence-electron chi connectivity index (χ0n) is 12.2. The topological polar surface area (TPSA) is 43.4 Å². The smallest absolute Gasteiger partial charge is 0.217 e. The first kappa shape index (κ1) is 14.0. The van der Waals surface area contributed by atoms with Crippen molar-refractivity contribution in [1.29, 1.82) is 0 Å². The lowest BCUT2D eigenvalue weighted by atomic mass is 9.97. The molecule has 1 aliphatic rings. The van der Waals surface area contributed by atoms with Crippen molar-refractivity contribution < 1.29 is 9.47 Å². The van der Waals surface area contributed by atoms with E-state index < -0.39 is 0 Å². The van der Waals surface area contributed by atoms with Crippen LogP contribution in [0.5, 0.6) is 5.88 Å². The second kappa shape index (κ2) is 6.70. The van der Waals surface area contributed by atoms with Crippen LogP contribution in [-0.4, -0.2) is 25.2 Å². The van der Waals surface area contributed by atoms with Gasteiger partial charge in [-0.25, -0.2) is 4.98 Å². The van der Waals surface area contributed by atoms with E-state index in [0.29, 0.717) is 5.88 Å². The Morgan fingerprint density at radius 3 is 3.10 bits per heavy atom. The van der Waals surface area contributed by atoms with Crippen LogP contribution in [0, 0.1) is 0 Å². The van der Waals surface area contributed by atoms with Crippen molar-refractivity contribution in [1.82, 2.24) is 10.3 Å². The Morgan fingerprint density at radius 2 is 2.19 bits per heavy atom. The Bertz CT molecular complexity index is 601. The van der Waals surface area contributed by atoms with Gasteiger partial charge in [-0.1, -0.05) is 30.3 Å². The van der Waals surface area contributed by atoms with Crippen LogP contribution in [0.1, 0.15) is 22.8 Å². The average molecular weight is 284 g/mol. The van der Waals surface area contributed by atoms with Crippen molar-refractivity contribution in [2.45, 2.75) is 19.1 Å². The van der Waals surface area contributed by atoms with E-state index in [0.717, 1.165) is 31.7 Å². The number of nitrogens with one attached hydrogen (secondary N) is 1. The summed E-state index contributed by atoms with van der Waals surface area (Å²) < 4.78 is 11.2. The number of pyridine rings is 1. The number of nitrogens with zero attached hydrogens (tertiary/aromatic N) is 1. The van der Waals surface area contributed by atoms with Crippen LogP contribution in [0.25, 0.3) is 0 Å². The first-order valence-corrected chi connectivity index (χ1v) is 7.26. The Morgan fingerprint density at radius 1 is 1.29 bits per heavy atom. The second-order valence-electron chi connectivity index (χ2n) is 5.11. The molecule has 0 saturated heterocycles. The zero-order valence-corrected chi connectivity index (χ0v) is 12.2. The van der Waals surface area contributed by atoms with Crippen molar-refractivity contribution in [3.8, 4) is 5.88 Å². The molecular weight excluding hydrogens is 264 g/mol. The molecule has 0 saturated carbocycles. The van der Waals surface area contributed by atoms with E-state index in [1.54, 1.807) is 13.3 Å². The van der Waals surface area contributed by atoms with Gasteiger partial charge in [0.2, 0.25) is 5.88 Å². The van der Waals surface area contributed by atoms with Crippen molar-refractivity contribution in [3.63, 3.8) is 0 Å². The predicted molar refractivity (Wildman–Crippen MR) is 81.3 cm³/mol. The molecule has 0 aliphatic carbocycles. The fourth-order valence-corrected chi connectivity index (χ4v) is 2.73. The third-order valence-electron chi connectivity index (χ3n) is 3.78. The quantitative estimate of drug-likeness (QED) is 0.916. The third-order valence-corrected chi connectivity index (χ3v) is 3.78. The fourth-order valence-electron chi connectivity index (χ4n) is 2.73. The van der Waals surface area contributed by atoms with E-state index in [9.17, 15) is 0 Å². The number of aromatic nitrogens is 1. The normalized spacial score (nSPS) is 17.3. The molecule has 110 valence electrons. The van der Waals surface area contributed by atoms with Gasteiger partial charge in [0.05, 0.1) is 19.8 Å². The van der Waals surface area contributed by atoms with Crippen LogP contribution >= 0.6 is 0 Å². The maximum absolute atomic E-state index is 5.89. The molecular formula is C17H20N2O2. The molecule has 4 nitrogen and oxygen atoms in total. The van der Waals surface area contributed by atoms with Gasteiger partial charge in [-0.2, -0.15) is 0 Å². The van der Waals surface area contributed by atoms with Crippen LogP contribution in [0.2, 0.25) is 0 Å². The Kier molecular flexibility index (Phi) is 4.48. The zero-order chi connectivity index (χ0) is 14.5. The van der Waals surface area contributed by atoms with Crippen molar-refractivity contribution in [2.75, 3.05) is 20.3 Å². The summed E-state index contributed by atoms with van der Waals surface area (Å²) in [4.78, 5) is 4.21. The molecule has 0 amide bonds. The van der Waals surface area contributed by atoms with Crippen LogP contribution in [0.15, 0.2) is 42.6 Å². The summed E-state index contributed by atoms with van der Waals surface area (Å²) in [6.45, 7) is 2.30. The molecule has 0 bridgehead atoms. The lowest BCUT2D eigenvalue weighted by Crippen LogP contribution is -2.27. The summed E-state index contributed by atoms with van der Waals surface area (Å²) in [5.74, 6) is 0.676. The minimum Gasteiger partial charge on any atom is -0.481 e. The number of fused-ring (bicyclic) bond motifs is 1. The van der Waals surface area contributed by atoms with Crippen LogP contribution in [-0.2, 0) is 17.7 Å². The summed E-state index contributed by atoms with van der Waals surface area (Å²) in [6.07, 6.45) is 2.86. The van der Waals surface area contributed by atoms with Gasteiger partial charge in [0.1, 0.15) is 0 Å². The third kappa shape index (κ3) is 3.23. The molecule has 0 fully saturated rings. The van der Waals surface area contributed by atoms with Gasteiger partial charge in [-0.3, -0.25) is 0 Å². The van der Waals surface area contributed by atoms with E-state index >= 15 is 0 Å². The van der Waals surface area contributed by atoms with E-state index in [4.69, 9.17) is 9.47 Å². The molecule has 1 aromatic heterocycles. The lowest BCUT2D eigenvalue weighted by Gasteiger charge is -2.26. The SMILES string of the molecule is COc1ncccc1CNCC1OCCc2ccccc21. The molecule has 1 atom stereocenters. The Balaban J connectivity index is 1.61. The molecule has 3 rings (SSSR count). The molecule has 1 aliphatic heterocycles. The minimum atomic E-state index is 0.123. The second-order valence-corrected chi connectivity index (χ2v) is 5.11. The highest BCUT2D eigenvalue weighted by molar-refractivity contribution is 5.31. The largest absolute Gasteiger partial charge is 0.481 e. The number of ether oxygens (including phenoxy) is 2. The van der Waals surface area contributed by atoms with Crippen molar-refractivity contribution in [3.05, 3.63) is 59.3 Å². The average Bonchev–Trinajstić information content (AvgIpc) is 2.55. The highest BCUT2D eigenvalue weighted by Crippen LogP contribution is 2.26. The summed E-state index contributed by atoms with van der Waals surface area (Å²) >= 11 is 0. The standard InChI is InChI=1S/C17H20N2O2/c1-20-17-14(6-4-9-19-17)11-18-12-16-15-7-3-2-5-13(15)8-10-21-16/h2-7,9,16,18H,8,10-12H2,1H3. The molecule has 1 unspecified atom stereocenters. The monoisotopic (exact) mass is 284 g/mol. The first-order chi connectivity index (χ1) is 10.4. The van der Waals surface area contributed by atoms with Gasteiger partial charge >= 0.3 is 0 Å². The molecule has 1 N–H and O–H groups in total. The Hall–Kier alpha value is -1.91. The molecule has 2 heterocycles. The minimum absolute atomic E-state index is 0.123. The molecule has 21 heavy (non-hydrogen) atoms. The summed E-state index contributed by atoms with van der Waals surface area (Å²) in [5.41, 5.74) is 3.76. The predicted octanol–water partition coefficient (Wildman–Crippen LogP) is 2.49.